The number of hydrogen-bond acceptors (Lipinski definition) is 3. The Morgan fingerprint density at radius 2 is 2.20 bits per heavy atom. The van der Waals surface area contributed by atoms with Gasteiger partial charge in [0.25, 0.3) is 0 Å². The van der Waals surface area contributed by atoms with Crippen molar-refractivity contribution in [1.82, 2.24) is 20.5 Å². The highest BCUT2D eigenvalue weighted by atomic mass is 15.2. The van der Waals surface area contributed by atoms with Crippen LogP contribution in [0.5, 0.6) is 0 Å². The van der Waals surface area contributed by atoms with Gasteiger partial charge in [0.15, 0.2) is 5.96 Å². The first-order valence-electron chi connectivity index (χ1n) is 9.65. The number of aromatic nitrogens is 1. The van der Waals surface area contributed by atoms with Crippen LogP contribution < -0.4 is 10.6 Å². The third kappa shape index (κ3) is 5.99. The number of pyridine rings is 1. The molecule has 0 saturated heterocycles. The summed E-state index contributed by atoms with van der Waals surface area (Å²) in [4.78, 5) is 11.7. The Hall–Kier alpha value is -1.62. The summed E-state index contributed by atoms with van der Waals surface area (Å²) >= 11 is 0. The average Bonchev–Trinajstić information content (AvgIpc) is 2.60. The number of rotatable bonds is 7. The van der Waals surface area contributed by atoms with Crippen LogP contribution in [0.4, 0.5) is 0 Å². The molecule has 0 aliphatic heterocycles. The summed E-state index contributed by atoms with van der Waals surface area (Å²) in [5.74, 6) is 1.70. The monoisotopic (exact) mass is 345 g/mol. The largest absolute Gasteiger partial charge is 0.357 e. The van der Waals surface area contributed by atoms with Crippen molar-refractivity contribution < 1.29 is 0 Å². The second kappa shape index (κ2) is 9.76. The zero-order valence-corrected chi connectivity index (χ0v) is 16.4. The molecule has 0 spiro atoms. The number of likely N-dealkylation sites (N-methyl/N-ethyl adjacent to an activating group) is 1. The summed E-state index contributed by atoms with van der Waals surface area (Å²) in [7, 11) is 4.41. The summed E-state index contributed by atoms with van der Waals surface area (Å²) in [5, 5.41) is 6.83. The van der Waals surface area contributed by atoms with Crippen molar-refractivity contribution in [2.24, 2.45) is 10.9 Å². The molecular weight excluding hydrogens is 310 g/mol. The van der Waals surface area contributed by atoms with Gasteiger partial charge in [-0.05, 0) is 51.9 Å². The summed E-state index contributed by atoms with van der Waals surface area (Å²) in [5.41, 5.74) is 1.30. The first-order chi connectivity index (χ1) is 12.1. The van der Waals surface area contributed by atoms with Crippen LogP contribution in [0, 0.1) is 5.92 Å². The van der Waals surface area contributed by atoms with Crippen LogP contribution in [0.1, 0.15) is 45.2 Å². The van der Waals surface area contributed by atoms with Crippen LogP contribution in [-0.4, -0.2) is 55.1 Å². The molecule has 0 amide bonds. The molecule has 1 fully saturated rings. The molecule has 1 heterocycles. The van der Waals surface area contributed by atoms with Crippen molar-refractivity contribution in [3.8, 4) is 0 Å². The van der Waals surface area contributed by atoms with Gasteiger partial charge >= 0.3 is 0 Å². The Labute approximate surface area is 153 Å². The van der Waals surface area contributed by atoms with Crippen molar-refractivity contribution in [2.45, 2.75) is 51.5 Å². The van der Waals surface area contributed by atoms with Gasteiger partial charge in [0, 0.05) is 36.9 Å². The normalized spacial score (nSPS) is 24.4. The van der Waals surface area contributed by atoms with Crippen molar-refractivity contribution in [3.63, 3.8) is 0 Å². The second-order valence-corrected chi connectivity index (χ2v) is 7.51. The molecule has 5 heteroatoms. The predicted molar refractivity (Wildman–Crippen MR) is 106 cm³/mol. The molecule has 2 atom stereocenters. The molecule has 5 nitrogen and oxygen atoms in total. The van der Waals surface area contributed by atoms with E-state index < -0.39 is 0 Å². The van der Waals surface area contributed by atoms with E-state index in [1.807, 2.05) is 18.3 Å². The van der Waals surface area contributed by atoms with Gasteiger partial charge in [-0.25, -0.2) is 0 Å². The van der Waals surface area contributed by atoms with E-state index in [4.69, 9.17) is 4.99 Å². The summed E-state index contributed by atoms with van der Waals surface area (Å²) in [6, 6.07) is 6.05. The molecule has 1 aromatic heterocycles. The van der Waals surface area contributed by atoms with E-state index in [-0.39, 0.29) is 5.54 Å². The fraction of sp³-hybridized carbons (Fsp3) is 0.700. The molecular formula is C20H35N5. The van der Waals surface area contributed by atoms with Gasteiger partial charge in [-0.1, -0.05) is 25.8 Å². The first kappa shape index (κ1) is 19.7. The third-order valence-electron chi connectivity index (χ3n) is 5.29. The van der Waals surface area contributed by atoms with Crippen LogP contribution in [-0.2, 0) is 6.42 Å². The molecule has 0 bridgehead atoms. The van der Waals surface area contributed by atoms with E-state index in [0.29, 0.717) is 0 Å². The lowest BCUT2D eigenvalue weighted by Crippen LogP contribution is -2.51. The maximum atomic E-state index is 4.93. The first-order valence-corrected chi connectivity index (χ1v) is 9.65. The van der Waals surface area contributed by atoms with Crippen LogP contribution in [0.15, 0.2) is 29.4 Å². The van der Waals surface area contributed by atoms with Gasteiger partial charge < -0.3 is 15.5 Å². The van der Waals surface area contributed by atoms with Crippen molar-refractivity contribution in [3.05, 3.63) is 30.1 Å². The van der Waals surface area contributed by atoms with Crippen molar-refractivity contribution in [1.29, 1.82) is 0 Å². The predicted octanol–water partition coefficient (Wildman–Crippen LogP) is 2.69. The Kier molecular flexibility index (Phi) is 7.69. The van der Waals surface area contributed by atoms with Crippen molar-refractivity contribution in [2.75, 3.05) is 33.7 Å². The van der Waals surface area contributed by atoms with E-state index in [2.05, 4.69) is 54.5 Å². The number of hydrogen-bond donors (Lipinski definition) is 2. The Bertz CT molecular complexity index is 528. The van der Waals surface area contributed by atoms with E-state index >= 15 is 0 Å². The number of aliphatic imine (C=N–C) groups is 1. The van der Waals surface area contributed by atoms with Crippen LogP contribution in [0.3, 0.4) is 0 Å². The fourth-order valence-electron chi connectivity index (χ4n) is 3.75. The molecule has 2 unspecified atom stereocenters. The Morgan fingerprint density at radius 3 is 2.84 bits per heavy atom. The lowest BCUT2D eigenvalue weighted by Gasteiger charge is -2.44. The van der Waals surface area contributed by atoms with E-state index in [0.717, 1.165) is 43.6 Å². The minimum Gasteiger partial charge on any atom is -0.357 e. The standard InChI is InChI=1S/C20H35N5/c1-5-21-19(23-14-11-18-10-6-7-13-22-18)24-16-20(25(3)4)12-8-9-17(2)15-20/h6-7,10,13,17H,5,8-9,11-12,14-16H2,1-4H3,(H2,21,23,24). The number of guanidine groups is 1. The van der Waals surface area contributed by atoms with Gasteiger partial charge in [-0.3, -0.25) is 9.98 Å². The molecule has 0 radical (unpaired) electrons. The lowest BCUT2D eigenvalue weighted by atomic mass is 9.75. The van der Waals surface area contributed by atoms with Gasteiger partial charge in [-0.2, -0.15) is 0 Å². The summed E-state index contributed by atoms with van der Waals surface area (Å²) in [6.07, 6.45) is 7.87. The summed E-state index contributed by atoms with van der Waals surface area (Å²) in [6.45, 7) is 7.05. The molecule has 1 aliphatic carbocycles. The van der Waals surface area contributed by atoms with Crippen molar-refractivity contribution >= 4 is 5.96 Å². The van der Waals surface area contributed by atoms with Gasteiger partial charge in [0.05, 0.1) is 6.54 Å². The molecule has 1 aliphatic rings. The van der Waals surface area contributed by atoms with Crippen LogP contribution in [0.2, 0.25) is 0 Å². The zero-order valence-electron chi connectivity index (χ0n) is 16.4. The van der Waals surface area contributed by atoms with Gasteiger partial charge in [0.2, 0.25) is 0 Å². The molecule has 140 valence electrons. The van der Waals surface area contributed by atoms with E-state index in [9.17, 15) is 0 Å². The number of nitrogens with one attached hydrogen (secondary N) is 2. The Morgan fingerprint density at radius 1 is 1.36 bits per heavy atom. The molecule has 1 aromatic rings. The highest BCUT2D eigenvalue weighted by Gasteiger charge is 2.36. The maximum absolute atomic E-state index is 4.93. The Balaban J connectivity index is 1.95. The molecule has 0 aromatic carbocycles. The smallest absolute Gasteiger partial charge is 0.191 e. The lowest BCUT2D eigenvalue weighted by molar-refractivity contribution is 0.0845. The van der Waals surface area contributed by atoms with Crippen LogP contribution in [0.25, 0.3) is 0 Å². The molecule has 2 rings (SSSR count). The maximum Gasteiger partial charge on any atom is 0.191 e. The number of nitrogens with zero attached hydrogens (tertiary/aromatic N) is 3. The van der Waals surface area contributed by atoms with Gasteiger partial charge in [-0.15, -0.1) is 0 Å². The SMILES string of the molecule is CCNC(=NCC1(N(C)C)CCCC(C)C1)NCCc1ccccn1. The fourth-order valence-corrected chi connectivity index (χ4v) is 3.75. The summed E-state index contributed by atoms with van der Waals surface area (Å²) < 4.78 is 0. The molecule has 25 heavy (non-hydrogen) atoms. The highest BCUT2D eigenvalue weighted by molar-refractivity contribution is 5.79. The van der Waals surface area contributed by atoms with Gasteiger partial charge in [0.1, 0.15) is 0 Å². The molecule has 1 saturated carbocycles. The van der Waals surface area contributed by atoms with Crippen LogP contribution >= 0.6 is 0 Å². The molecule has 2 N–H and O–H groups in total. The average molecular weight is 346 g/mol. The van der Waals surface area contributed by atoms with E-state index in [1.165, 1.54) is 25.7 Å². The third-order valence-corrected chi connectivity index (χ3v) is 5.29. The highest BCUT2D eigenvalue weighted by Crippen LogP contribution is 2.35. The topological polar surface area (TPSA) is 52.6 Å². The van der Waals surface area contributed by atoms with E-state index in [1.54, 1.807) is 0 Å². The quantitative estimate of drug-likeness (QED) is 0.589. The minimum atomic E-state index is 0.195. The zero-order chi connectivity index (χ0) is 18.1. The second-order valence-electron chi connectivity index (χ2n) is 7.51. The minimum absolute atomic E-state index is 0.195.